The topological polar surface area (TPSA) is 42.0 Å². The van der Waals surface area contributed by atoms with Crippen LogP contribution in [0, 0.1) is 17.7 Å². The monoisotopic (exact) mass is 410 g/mol. The molecule has 30 heavy (non-hydrogen) atoms. The summed E-state index contributed by atoms with van der Waals surface area (Å²) in [5.41, 5.74) is 3.20. The predicted octanol–water partition coefficient (Wildman–Crippen LogP) is 3.49. The minimum Gasteiger partial charge on any atom is -0.445 e. The Kier molecular flexibility index (Phi) is 5.21. The van der Waals surface area contributed by atoms with Crippen LogP contribution in [0.3, 0.4) is 0 Å². The number of carbonyl (C=O) groups excluding carboxylic acids is 1. The van der Waals surface area contributed by atoms with Crippen molar-refractivity contribution in [3.05, 3.63) is 71.0 Å². The zero-order valence-electron chi connectivity index (χ0n) is 17.2. The largest absolute Gasteiger partial charge is 0.445 e. The quantitative estimate of drug-likeness (QED) is 0.760. The number of amides is 1. The van der Waals surface area contributed by atoms with Crippen molar-refractivity contribution in [1.82, 2.24) is 9.80 Å². The van der Waals surface area contributed by atoms with E-state index in [1.807, 2.05) is 17.0 Å². The molecule has 5 rings (SSSR count). The number of hydrogen-bond donors (Lipinski definition) is 0. The van der Waals surface area contributed by atoms with Gasteiger partial charge in [-0.15, -0.1) is 0 Å². The number of piperidine rings is 1. The molecule has 0 spiro atoms. The van der Waals surface area contributed by atoms with Crippen LogP contribution in [0.15, 0.2) is 48.5 Å². The number of likely N-dealkylation sites (tertiary alicyclic amines) is 1. The van der Waals surface area contributed by atoms with Crippen molar-refractivity contribution in [1.29, 1.82) is 0 Å². The molecule has 2 unspecified atom stereocenters. The van der Waals surface area contributed by atoms with Gasteiger partial charge in [-0.25, -0.2) is 9.18 Å². The third-order valence-electron chi connectivity index (χ3n) is 6.63. The third kappa shape index (κ3) is 3.59. The molecule has 3 aliphatic heterocycles. The van der Waals surface area contributed by atoms with Gasteiger partial charge in [-0.05, 0) is 42.3 Å². The van der Waals surface area contributed by atoms with Crippen molar-refractivity contribution in [3.8, 4) is 0 Å². The van der Waals surface area contributed by atoms with E-state index in [0.29, 0.717) is 19.8 Å². The summed E-state index contributed by atoms with van der Waals surface area (Å²) >= 11 is 0. The fourth-order valence-corrected chi connectivity index (χ4v) is 5.28. The lowest BCUT2D eigenvalue weighted by Gasteiger charge is -2.46. The van der Waals surface area contributed by atoms with E-state index >= 15 is 0 Å². The summed E-state index contributed by atoms with van der Waals surface area (Å²) in [7, 11) is 2.11. The highest BCUT2D eigenvalue weighted by atomic mass is 19.1. The number of fused-ring (bicyclic) bond motifs is 3. The Morgan fingerprint density at radius 2 is 1.77 bits per heavy atom. The SMILES string of the molecule is CN1C[C@H]2COC[C@@H](C1)C2OC(=O)N1CCc2ccccc2C1c1ccc(F)cc1. The molecule has 5 nitrogen and oxygen atoms in total. The van der Waals surface area contributed by atoms with Gasteiger partial charge in [-0.3, -0.25) is 4.90 Å². The van der Waals surface area contributed by atoms with Crippen LogP contribution in [0.5, 0.6) is 0 Å². The predicted molar refractivity (Wildman–Crippen MR) is 111 cm³/mol. The average molecular weight is 410 g/mol. The average Bonchev–Trinajstić information content (AvgIpc) is 2.74. The first kappa shape index (κ1) is 19.5. The summed E-state index contributed by atoms with van der Waals surface area (Å²) in [5.74, 6) is 0.122. The van der Waals surface area contributed by atoms with Crippen molar-refractivity contribution in [2.24, 2.45) is 11.8 Å². The van der Waals surface area contributed by atoms with Crippen LogP contribution in [-0.2, 0) is 15.9 Å². The maximum absolute atomic E-state index is 13.6. The lowest BCUT2D eigenvalue weighted by molar-refractivity contribution is -0.127. The molecule has 0 saturated carbocycles. The Labute approximate surface area is 176 Å². The highest BCUT2D eigenvalue weighted by molar-refractivity contribution is 5.70. The van der Waals surface area contributed by atoms with E-state index in [9.17, 15) is 9.18 Å². The molecule has 0 aromatic heterocycles. The Hall–Kier alpha value is -2.44. The number of benzene rings is 2. The number of rotatable bonds is 2. The Morgan fingerprint density at radius 1 is 1.07 bits per heavy atom. The second-order valence-electron chi connectivity index (χ2n) is 8.72. The minimum atomic E-state index is -0.287. The van der Waals surface area contributed by atoms with E-state index in [-0.39, 0.29) is 35.9 Å². The van der Waals surface area contributed by atoms with Crippen LogP contribution >= 0.6 is 0 Å². The van der Waals surface area contributed by atoms with Crippen molar-refractivity contribution < 1.29 is 18.7 Å². The third-order valence-corrected chi connectivity index (χ3v) is 6.63. The normalized spacial score (nSPS) is 28.7. The zero-order valence-corrected chi connectivity index (χ0v) is 17.2. The Bertz CT molecular complexity index is 905. The summed E-state index contributed by atoms with van der Waals surface area (Å²) in [6.07, 6.45) is 0.380. The molecule has 0 aliphatic carbocycles. The number of halogens is 1. The highest BCUT2D eigenvalue weighted by Gasteiger charge is 2.43. The van der Waals surface area contributed by atoms with Crippen molar-refractivity contribution in [3.63, 3.8) is 0 Å². The van der Waals surface area contributed by atoms with Crippen molar-refractivity contribution in [2.45, 2.75) is 18.6 Å². The van der Waals surface area contributed by atoms with Gasteiger partial charge in [0.15, 0.2) is 0 Å². The van der Waals surface area contributed by atoms with Gasteiger partial charge in [0, 0.05) is 31.5 Å². The van der Waals surface area contributed by atoms with Gasteiger partial charge in [0.1, 0.15) is 11.9 Å². The number of ether oxygens (including phenoxy) is 2. The first-order valence-corrected chi connectivity index (χ1v) is 10.7. The van der Waals surface area contributed by atoms with Gasteiger partial charge in [0.2, 0.25) is 0 Å². The summed E-state index contributed by atoms with van der Waals surface area (Å²) in [6, 6.07) is 14.3. The molecular formula is C24H27FN2O3. The van der Waals surface area contributed by atoms with E-state index in [2.05, 4.69) is 24.1 Å². The molecule has 6 heteroatoms. The van der Waals surface area contributed by atoms with Gasteiger partial charge < -0.3 is 14.4 Å². The molecule has 158 valence electrons. The zero-order chi connectivity index (χ0) is 20.7. The molecule has 3 aliphatic rings. The molecule has 4 atom stereocenters. The molecule has 0 radical (unpaired) electrons. The van der Waals surface area contributed by atoms with Crippen LogP contribution in [0.2, 0.25) is 0 Å². The molecule has 2 fully saturated rings. The number of carbonyl (C=O) groups is 1. The molecule has 1 amide bonds. The number of nitrogens with zero attached hydrogens (tertiary/aromatic N) is 2. The molecule has 2 aromatic rings. The second-order valence-corrected chi connectivity index (χ2v) is 8.72. The summed E-state index contributed by atoms with van der Waals surface area (Å²) < 4.78 is 25.4. The molecule has 0 N–H and O–H groups in total. The first-order valence-electron chi connectivity index (χ1n) is 10.7. The van der Waals surface area contributed by atoms with E-state index < -0.39 is 0 Å². The van der Waals surface area contributed by atoms with Crippen molar-refractivity contribution in [2.75, 3.05) is 39.9 Å². The van der Waals surface area contributed by atoms with Gasteiger partial charge >= 0.3 is 6.09 Å². The van der Waals surface area contributed by atoms with Gasteiger partial charge in [-0.1, -0.05) is 36.4 Å². The van der Waals surface area contributed by atoms with Crippen LogP contribution in [-0.4, -0.2) is 61.9 Å². The standard InChI is InChI=1S/C24H27FN2O3/c1-26-12-18-14-29-15-19(13-26)23(18)30-24(28)27-11-10-16-4-2-3-5-21(16)22(27)17-6-8-20(25)9-7-17/h2-9,18-19,22-23H,10-15H2,1H3/t18-,19+,22?,23?. The van der Waals surface area contributed by atoms with E-state index in [4.69, 9.17) is 9.47 Å². The summed E-state index contributed by atoms with van der Waals surface area (Å²) in [6.45, 7) is 3.58. The number of hydrogen-bond acceptors (Lipinski definition) is 4. The Morgan fingerprint density at radius 3 is 2.50 bits per heavy atom. The van der Waals surface area contributed by atoms with Crippen LogP contribution in [0.25, 0.3) is 0 Å². The Balaban J connectivity index is 1.43. The lowest BCUT2D eigenvalue weighted by atomic mass is 9.85. The molecule has 2 saturated heterocycles. The van der Waals surface area contributed by atoms with Gasteiger partial charge in [0.25, 0.3) is 0 Å². The van der Waals surface area contributed by atoms with Gasteiger partial charge in [0.05, 0.1) is 19.3 Å². The maximum Gasteiger partial charge on any atom is 0.410 e. The fourth-order valence-electron chi connectivity index (χ4n) is 5.28. The smallest absolute Gasteiger partial charge is 0.410 e. The van der Waals surface area contributed by atoms with Crippen LogP contribution in [0.1, 0.15) is 22.7 Å². The molecular weight excluding hydrogens is 383 g/mol. The van der Waals surface area contributed by atoms with Crippen LogP contribution in [0.4, 0.5) is 9.18 Å². The first-order chi connectivity index (χ1) is 14.6. The summed E-state index contributed by atoms with van der Waals surface area (Å²) in [5, 5.41) is 0. The fraction of sp³-hybridized carbons (Fsp3) is 0.458. The highest BCUT2D eigenvalue weighted by Crippen LogP contribution is 2.37. The molecule has 2 bridgehead atoms. The molecule has 3 heterocycles. The van der Waals surface area contributed by atoms with E-state index in [0.717, 1.165) is 30.6 Å². The second kappa shape index (κ2) is 8.00. The van der Waals surface area contributed by atoms with Crippen molar-refractivity contribution >= 4 is 6.09 Å². The van der Waals surface area contributed by atoms with E-state index in [1.165, 1.54) is 17.7 Å². The lowest BCUT2D eigenvalue weighted by Crippen LogP contribution is -2.56. The van der Waals surface area contributed by atoms with Gasteiger partial charge in [-0.2, -0.15) is 0 Å². The summed E-state index contributed by atoms with van der Waals surface area (Å²) in [4.78, 5) is 17.5. The minimum absolute atomic E-state index is 0.117. The van der Waals surface area contributed by atoms with E-state index in [1.54, 1.807) is 12.1 Å². The van der Waals surface area contributed by atoms with Crippen LogP contribution < -0.4 is 0 Å². The molecule has 2 aromatic carbocycles. The maximum atomic E-state index is 13.6.